The van der Waals surface area contributed by atoms with Gasteiger partial charge in [-0.1, -0.05) is 0 Å². The van der Waals surface area contributed by atoms with Crippen molar-refractivity contribution in [3.8, 4) is 0 Å². The Balaban J connectivity index is 2.48. The second-order valence-electron chi connectivity index (χ2n) is 3.55. The average Bonchev–Trinajstić information content (AvgIpc) is 2.98. The molecule has 0 spiro atoms. The van der Waals surface area contributed by atoms with Crippen LogP contribution < -0.4 is 10.9 Å². The van der Waals surface area contributed by atoms with Crippen molar-refractivity contribution in [2.24, 2.45) is 10.9 Å². The summed E-state index contributed by atoms with van der Waals surface area (Å²) in [6, 6.07) is 5.03. The molecule has 2 heterocycles. The maximum atomic E-state index is 12.1. The van der Waals surface area contributed by atoms with Crippen LogP contribution in [0.1, 0.15) is 5.76 Å². The van der Waals surface area contributed by atoms with Gasteiger partial charge in [0.15, 0.2) is 0 Å². The molecule has 0 saturated heterocycles. The molecule has 0 aliphatic rings. The summed E-state index contributed by atoms with van der Waals surface area (Å²) in [6.07, 6.45) is 0. The van der Waals surface area contributed by atoms with Gasteiger partial charge >= 0.3 is 0 Å². The maximum Gasteiger partial charge on any atom is 0.248 e. The van der Waals surface area contributed by atoms with Gasteiger partial charge in [-0.25, -0.2) is 22.0 Å². The lowest BCUT2D eigenvalue weighted by Gasteiger charge is -1.96. The summed E-state index contributed by atoms with van der Waals surface area (Å²) in [4.78, 5) is 0. The van der Waals surface area contributed by atoms with Crippen molar-refractivity contribution in [2.75, 3.05) is 0 Å². The number of sulfone groups is 1. The molecule has 0 aliphatic carbocycles. The van der Waals surface area contributed by atoms with Gasteiger partial charge in [-0.2, -0.15) is 0 Å². The van der Waals surface area contributed by atoms with E-state index in [-0.39, 0.29) is 20.1 Å². The first kappa shape index (κ1) is 14.2. The fraction of sp³-hybridized carbons (Fsp3) is 0.111. The van der Waals surface area contributed by atoms with E-state index in [9.17, 15) is 16.8 Å². The molecule has 4 N–H and O–H groups in total. The normalized spacial score (nSPS) is 12.7. The molecule has 0 saturated carbocycles. The van der Waals surface area contributed by atoms with E-state index < -0.39 is 19.9 Å². The van der Waals surface area contributed by atoms with E-state index in [0.29, 0.717) is 17.1 Å². The predicted molar refractivity (Wildman–Crippen MR) is 67.7 cm³/mol. The number of sulfonamides is 1. The smallest absolute Gasteiger partial charge is 0.248 e. The Morgan fingerprint density at radius 1 is 1.05 bits per heavy atom. The first-order chi connectivity index (χ1) is 8.75. The molecule has 2 rings (SSSR count). The van der Waals surface area contributed by atoms with E-state index in [1.165, 1.54) is 18.2 Å². The SMILES string of the molecule is NCc1ccc(S(=O)(=O)c2ccc(S(N)(=O)=O)s2)o1. The zero-order valence-corrected chi connectivity index (χ0v) is 11.9. The lowest BCUT2D eigenvalue weighted by molar-refractivity contribution is 0.416. The molecule has 0 unspecified atom stereocenters. The van der Waals surface area contributed by atoms with E-state index in [1.54, 1.807) is 0 Å². The van der Waals surface area contributed by atoms with Gasteiger partial charge in [-0.15, -0.1) is 11.3 Å². The summed E-state index contributed by atoms with van der Waals surface area (Å²) in [7, 11) is -7.81. The van der Waals surface area contributed by atoms with Crippen molar-refractivity contribution in [2.45, 2.75) is 20.1 Å². The van der Waals surface area contributed by atoms with Crippen LogP contribution in [0.5, 0.6) is 0 Å². The summed E-state index contributed by atoms with van der Waals surface area (Å²) in [5.74, 6) is 0.321. The van der Waals surface area contributed by atoms with Crippen LogP contribution in [0.4, 0.5) is 0 Å². The summed E-state index contributed by atoms with van der Waals surface area (Å²) >= 11 is 0.566. The van der Waals surface area contributed by atoms with E-state index in [4.69, 9.17) is 15.3 Å². The molecule has 0 fully saturated rings. The van der Waals surface area contributed by atoms with Gasteiger partial charge in [0.1, 0.15) is 14.2 Å². The molecule has 0 aliphatic heterocycles. The molecule has 104 valence electrons. The quantitative estimate of drug-likeness (QED) is 0.830. The molecule has 0 bridgehead atoms. The van der Waals surface area contributed by atoms with Gasteiger partial charge in [-0.05, 0) is 24.3 Å². The van der Waals surface area contributed by atoms with Gasteiger partial charge in [-0.3, -0.25) is 0 Å². The number of nitrogens with two attached hydrogens (primary N) is 2. The van der Waals surface area contributed by atoms with Crippen LogP contribution in [0.2, 0.25) is 0 Å². The zero-order chi connectivity index (χ0) is 14.3. The third kappa shape index (κ3) is 2.72. The summed E-state index contributed by atoms with van der Waals surface area (Å²) in [6.45, 7) is 0.0718. The fourth-order valence-corrected chi connectivity index (χ4v) is 4.80. The molecule has 0 amide bonds. The third-order valence-electron chi connectivity index (χ3n) is 2.21. The van der Waals surface area contributed by atoms with Crippen LogP contribution in [-0.2, 0) is 26.4 Å². The molecule has 7 nitrogen and oxygen atoms in total. The minimum atomic E-state index is -3.92. The van der Waals surface area contributed by atoms with Gasteiger partial charge in [0, 0.05) is 0 Å². The first-order valence-corrected chi connectivity index (χ1v) is 8.76. The maximum absolute atomic E-state index is 12.1. The highest BCUT2D eigenvalue weighted by Crippen LogP contribution is 2.30. The largest absolute Gasteiger partial charge is 0.448 e. The van der Waals surface area contributed by atoms with E-state index in [0.717, 1.165) is 6.07 Å². The number of hydrogen-bond acceptors (Lipinski definition) is 7. The Morgan fingerprint density at radius 2 is 1.68 bits per heavy atom. The van der Waals surface area contributed by atoms with Crippen LogP contribution in [0.25, 0.3) is 0 Å². The molecule has 2 aromatic rings. The van der Waals surface area contributed by atoms with E-state index in [2.05, 4.69) is 0 Å². The molecule has 0 atom stereocenters. The lowest BCUT2D eigenvalue weighted by atomic mass is 10.5. The molecular formula is C9H10N2O5S3. The topological polar surface area (TPSA) is 133 Å². The van der Waals surface area contributed by atoms with Crippen molar-refractivity contribution in [3.05, 3.63) is 30.0 Å². The number of furan rings is 1. The number of primary sulfonamides is 1. The van der Waals surface area contributed by atoms with Crippen molar-refractivity contribution in [1.29, 1.82) is 0 Å². The number of hydrogen-bond donors (Lipinski definition) is 2. The molecular weight excluding hydrogens is 312 g/mol. The average molecular weight is 322 g/mol. The molecule has 10 heteroatoms. The minimum Gasteiger partial charge on any atom is -0.448 e. The van der Waals surface area contributed by atoms with Gasteiger partial charge in [0.05, 0.1) is 6.54 Å². The zero-order valence-electron chi connectivity index (χ0n) is 9.44. The Morgan fingerprint density at radius 3 is 2.16 bits per heavy atom. The second-order valence-corrected chi connectivity index (χ2v) is 8.53. The van der Waals surface area contributed by atoms with Crippen molar-refractivity contribution in [3.63, 3.8) is 0 Å². The summed E-state index contributed by atoms with van der Waals surface area (Å²) in [5.41, 5.74) is 5.32. The number of rotatable bonds is 4. The molecule has 19 heavy (non-hydrogen) atoms. The van der Waals surface area contributed by atoms with E-state index >= 15 is 0 Å². The Labute approximate surface area is 113 Å². The van der Waals surface area contributed by atoms with Crippen LogP contribution in [0.3, 0.4) is 0 Å². The predicted octanol–water partition coefficient (Wildman–Crippen LogP) is 0.280. The molecule has 2 aromatic heterocycles. The van der Waals surface area contributed by atoms with Gasteiger partial charge in [0.2, 0.25) is 25.0 Å². The highest BCUT2D eigenvalue weighted by Gasteiger charge is 2.25. The third-order valence-corrected chi connectivity index (χ3v) is 6.85. The van der Waals surface area contributed by atoms with Crippen molar-refractivity contribution >= 4 is 31.2 Å². The molecule has 0 aromatic carbocycles. The van der Waals surface area contributed by atoms with Gasteiger partial charge in [0.25, 0.3) is 0 Å². The number of thiophene rings is 1. The Hall–Kier alpha value is -1.20. The van der Waals surface area contributed by atoms with Gasteiger partial charge < -0.3 is 10.2 Å². The van der Waals surface area contributed by atoms with Crippen LogP contribution in [-0.4, -0.2) is 16.8 Å². The first-order valence-electron chi connectivity index (χ1n) is 4.91. The summed E-state index contributed by atoms with van der Waals surface area (Å²) in [5, 5.41) is 4.64. The van der Waals surface area contributed by atoms with Crippen molar-refractivity contribution in [1.82, 2.24) is 0 Å². The standard InChI is InChI=1S/C9H10N2O5S3/c10-5-6-1-2-7(16-6)18(12,13)8-3-4-9(17-8)19(11,14)15/h1-4H,5,10H2,(H2,11,14,15). The fourth-order valence-electron chi connectivity index (χ4n) is 1.31. The minimum absolute atomic E-state index is 0.0718. The van der Waals surface area contributed by atoms with Crippen LogP contribution >= 0.6 is 11.3 Å². The van der Waals surface area contributed by atoms with Crippen LogP contribution in [0, 0.1) is 0 Å². The Kier molecular flexibility index (Phi) is 3.53. The highest BCUT2D eigenvalue weighted by molar-refractivity contribution is 7.95. The monoisotopic (exact) mass is 322 g/mol. The van der Waals surface area contributed by atoms with Crippen LogP contribution in [0.15, 0.2) is 42.2 Å². The molecule has 0 radical (unpaired) electrons. The summed E-state index contributed by atoms with van der Waals surface area (Å²) < 4.78 is 51.2. The van der Waals surface area contributed by atoms with E-state index in [1.807, 2.05) is 0 Å². The lowest BCUT2D eigenvalue weighted by Crippen LogP contribution is -2.09. The Bertz CT molecular complexity index is 801. The van der Waals surface area contributed by atoms with Crippen molar-refractivity contribution < 1.29 is 21.3 Å². The highest BCUT2D eigenvalue weighted by atomic mass is 32.3. The second kappa shape index (κ2) is 4.72.